The van der Waals surface area contributed by atoms with Crippen LogP contribution in [0.3, 0.4) is 0 Å². The van der Waals surface area contributed by atoms with Crippen LogP contribution in [0, 0.1) is 51.0 Å². The minimum absolute atomic E-state index is 0.0200. The molecule has 19 nitrogen and oxygen atoms in total. The first-order valence-corrected chi connectivity index (χ1v) is 38.5. The van der Waals surface area contributed by atoms with Crippen LogP contribution in [-0.2, 0) is 0 Å². The first-order chi connectivity index (χ1) is 56.3. The van der Waals surface area contributed by atoms with Crippen molar-refractivity contribution in [2.45, 2.75) is 99.9 Å². The highest BCUT2D eigenvalue weighted by Gasteiger charge is 2.43. The molecule has 0 spiro atoms. The smallest absolute Gasteiger partial charge is 0.178 e. The molecule has 4 aliphatic rings. The number of nitrogens with zero attached hydrogens (tertiary/aromatic N) is 15. The van der Waals surface area contributed by atoms with Crippen LogP contribution in [-0.4, -0.2) is 72.6 Å². The number of benzene rings is 10. The molecule has 0 fully saturated rings. The van der Waals surface area contributed by atoms with Gasteiger partial charge < -0.3 is 37.3 Å². The summed E-state index contributed by atoms with van der Waals surface area (Å²) in [5.41, 5.74) is 16.3. The first-order valence-electron chi connectivity index (χ1n) is 38.5. The Morgan fingerprint density at radius 3 is 0.991 bits per heavy atom. The third kappa shape index (κ3) is 11.6. The van der Waals surface area contributed by atoms with Crippen LogP contribution >= 0.6 is 0 Å². The standard InChI is InChI=1S/C26H20FN3O.C25H19FN4O.C22H21FN4O.C20H17FN4O/c1-16-10-12-21-20-13-11-18(27)15-23(20)31-25(21)24(16)30-17(2)29(19-7-4-3-5-8-19)22-9-6-14-28-26(22)30;1-15-8-10-20-19-11-9-17(26)14-21(19)31-23(20)22(15)30-16(2)29(18-6-4-3-5-7-18)24-25(30)28-13-12-27-24;1-12(2)26-14(4)27(22-21(26)24-9-10-25-22)19-13(3)5-7-17-16-8-6-15(23)11-18(16)28-20(17)19;1-11-4-6-15-14-7-5-13(21)10-16(14)26-18(15)17(11)25-12(2)24(3)19-20(25)23-9-8-22-19/h3-15,17H,1-2H3;3-14,16H,1-2H3;5-12,14H,1-4H3;4-10,12H,1-3H3/t17-;16-;14-;12-/m0000/s1. The molecule has 0 radical (unpaired) electrons. The zero-order chi connectivity index (χ0) is 79.8. The Hall–Kier alpha value is -14.1. The van der Waals surface area contributed by atoms with Gasteiger partial charge in [-0.05, 0) is 176 Å². The summed E-state index contributed by atoms with van der Waals surface area (Å²) < 4.78 is 79.8. The van der Waals surface area contributed by atoms with E-state index in [2.05, 4.69) is 186 Å². The van der Waals surface area contributed by atoms with Crippen LogP contribution in [0.5, 0.6) is 0 Å². The van der Waals surface area contributed by atoms with E-state index in [1.165, 1.54) is 48.5 Å². The lowest BCUT2D eigenvalue weighted by Gasteiger charge is -2.32. The Bertz CT molecular complexity index is 6690. The number of hydrogen-bond donors (Lipinski definition) is 0. The number of aromatic nitrogens is 7. The number of fused-ring (bicyclic) bond motifs is 16. The van der Waals surface area contributed by atoms with E-state index in [1.807, 2.05) is 86.9 Å². The van der Waals surface area contributed by atoms with Gasteiger partial charge in [0, 0.05) is 135 Å². The topological polar surface area (TPSA) is 169 Å². The summed E-state index contributed by atoms with van der Waals surface area (Å²) in [5.74, 6) is 4.51. The number of furan rings is 4. The van der Waals surface area contributed by atoms with E-state index in [1.54, 1.807) is 61.4 Å². The molecular weight excluding hydrogens is 1470 g/mol. The highest BCUT2D eigenvalue weighted by Crippen LogP contribution is 2.54. The third-order valence-corrected chi connectivity index (χ3v) is 22.6. The monoisotopic (exact) mass is 1540 g/mol. The number of hydrogen-bond acceptors (Lipinski definition) is 19. The van der Waals surface area contributed by atoms with Crippen molar-refractivity contribution in [3.63, 3.8) is 0 Å². The number of rotatable bonds is 7. The van der Waals surface area contributed by atoms with Crippen molar-refractivity contribution in [1.29, 1.82) is 0 Å². The van der Waals surface area contributed by atoms with Crippen molar-refractivity contribution < 1.29 is 35.2 Å². The van der Waals surface area contributed by atoms with Gasteiger partial charge in [0.25, 0.3) is 0 Å². The molecule has 0 amide bonds. The fraction of sp³-hybridized carbons (Fsp3) is 0.172. The van der Waals surface area contributed by atoms with Gasteiger partial charge in [0.2, 0.25) is 0 Å². The van der Waals surface area contributed by atoms with Crippen LogP contribution in [0.15, 0.2) is 255 Å². The van der Waals surface area contributed by atoms with Crippen LogP contribution in [0.4, 0.5) is 98.1 Å². The Kier molecular flexibility index (Phi) is 17.6. The molecule has 12 heterocycles. The SMILES string of the molecule is Cc1ccc2c(oc3cc(F)ccc32)c1N1c2ncccc2N(c2ccccc2)[C@@H]1C.Cc1ccc2c(oc3cc(F)ccc32)c1N1c2nccnc2N(C(C)C)[C@@H]1C.Cc1ccc2c(oc3cc(F)ccc32)c1N1c2nccnc2N(C)[C@@H]1C.Cc1ccc2c(oc3cc(F)ccc32)c1N1c2nccnc2N(c2ccccc2)[C@@H]1C. The molecule has 576 valence electrons. The number of para-hydroxylation sites is 2. The molecule has 0 saturated carbocycles. The molecule has 116 heavy (non-hydrogen) atoms. The molecule has 0 bridgehead atoms. The highest BCUT2D eigenvalue weighted by atomic mass is 19.1. The Balaban J connectivity index is 0.000000103. The summed E-state index contributed by atoms with van der Waals surface area (Å²) in [5, 5.41) is 7.47. The lowest BCUT2D eigenvalue weighted by Crippen LogP contribution is -2.42. The molecule has 10 aromatic carbocycles. The summed E-state index contributed by atoms with van der Waals surface area (Å²) in [6.07, 6.45) is 12.0. The van der Waals surface area contributed by atoms with E-state index in [-0.39, 0.29) is 54.0 Å². The molecule has 23 heteroatoms. The number of halogens is 4. The summed E-state index contributed by atoms with van der Waals surface area (Å²) in [7, 11) is 2.00. The van der Waals surface area contributed by atoms with E-state index in [0.29, 0.717) is 22.3 Å². The maximum atomic E-state index is 13.9. The lowest BCUT2D eigenvalue weighted by molar-refractivity contribution is 0.596. The van der Waals surface area contributed by atoms with Gasteiger partial charge in [0.1, 0.15) is 70.3 Å². The predicted octanol–water partition coefficient (Wildman–Crippen LogP) is 23.8. The van der Waals surface area contributed by atoms with Gasteiger partial charge in [-0.15, -0.1) is 0 Å². The molecule has 22 rings (SSSR count). The van der Waals surface area contributed by atoms with Crippen molar-refractivity contribution in [1.82, 2.24) is 34.9 Å². The van der Waals surface area contributed by atoms with E-state index >= 15 is 0 Å². The lowest BCUT2D eigenvalue weighted by atomic mass is 10.1. The van der Waals surface area contributed by atoms with Gasteiger partial charge in [-0.3, -0.25) is 19.6 Å². The zero-order valence-electron chi connectivity index (χ0n) is 65.3. The fourth-order valence-electron chi connectivity index (χ4n) is 17.3. The largest absolute Gasteiger partial charge is 0.454 e. The highest BCUT2D eigenvalue weighted by molar-refractivity contribution is 6.14. The van der Waals surface area contributed by atoms with Crippen molar-refractivity contribution in [2.75, 3.05) is 46.2 Å². The Labute approximate surface area is 664 Å². The van der Waals surface area contributed by atoms with E-state index < -0.39 is 0 Å². The molecule has 18 aromatic rings. The minimum atomic E-state index is -0.314. The van der Waals surface area contributed by atoms with Gasteiger partial charge in [-0.2, -0.15) is 0 Å². The fourth-order valence-corrected chi connectivity index (χ4v) is 17.3. The number of aryl methyl sites for hydroxylation is 4. The Morgan fingerprint density at radius 2 is 0.595 bits per heavy atom. The second-order valence-corrected chi connectivity index (χ2v) is 29.9. The first kappa shape index (κ1) is 72.2. The second kappa shape index (κ2) is 28.2. The van der Waals surface area contributed by atoms with Crippen LogP contribution in [0.1, 0.15) is 63.8 Å². The predicted molar refractivity (Wildman–Crippen MR) is 454 cm³/mol. The molecule has 4 atom stereocenters. The minimum Gasteiger partial charge on any atom is -0.454 e. The normalized spacial score (nSPS) is 16.2. The Morgan fingerprint density at radius 1 is 0.293 bits per heavy atom. The van der Waals surface area contributed by atoms with Crippen molar-refractivity contribution in [3.05, 3.63) is 283 Å². The number of anilines is 14. The van der Waals surface area contributed by atoms with Gasteiger partial charge >= 0.3 is 0 Å². The summed E-state index contributed by atoms with van der Waals surface area (Å²) in [4.78, 5) is 49.8. The number of pyridine rings is 1. The third-order valence-electron chi connectivity index (χ3n) is 22.6. The quantitative estimate of drug-likeness (QED) is 0.138. The van der Waals surface area contributed by atoms with Crippen molar-refractivity contribution >= 4 is 168 Å². The van der Waals surface area contributed by atoms with Gasteiger partial charge in [-0.1, -0.05) is 84.9 Å². The van der Waals surface area contributed by atoms with Crippen molar-refractivity contribution in [3.8, 4) is 0 Å². The summed E-state index contributed by atoms with van der Waals surface area (Å²) in [6, 6.07) is 60.0. The van der Waals surface area contributed by atoms with E-state index in [4.69, 9.17) is 22.7 Å². The maximum absolute atomic E-state index is 13.9. The van der Waals surface area contributed by atoms with Crippen LogP contribution in [0.2, 0.25) is 0 Å². The molecule has 0 saturated heterocycles. The molecule has 0 N–H and O–H groups in total. The molecule has 0 aliphatic carbocycles. The van der Waals surface area contributed by atoms with Gasteiger partial charge in [-0.25, -0.2) is 52.4 Å². The molecule has 8 aromatic heterocycles. The summed E-state index contributed by atoms with van der Waals surface area (Å²) >= 11 is 0. The maximum Gasteiger partial charge on any atom is 0.178 e. The van der Waals surface area contributed by atoms with Gasteiger partial charge in [0.15, 0.2) is 63.1 Å². The average molecular weight is 1540 g/mol. The molecule has 4 aliphatic heterocycles. The molecular formula is C93H77F4N15O4. The van der Waals surface area contributed by atoms with Gasteiger partial charge in [0.05, 0.1) is 28.4 Å². The zero-order valence-corrected chi connectivity index (χ0v) is 65.3. The average Bonchev–Trinajstić information content (AvgIpc) is 1.61. The van der Waals surface area contributed by atoms with Crippen LogP contribution < -0.4 is 39.2 Å². The van der Waals surface area contributed by atoms with E-state index in [9.17, 15) is 17.6 Å². The summed E-state index contributed by atoms with van der Waals surface area (Å²) in [6.45, 7) is 21.1. The van der Waals surface area contributed by atoms with Crippen molar-refractivity contribution in [2.24, 2.45) is 0 Å². The second-order valence-electron chi connectivity index (χ2n) is 29.9. The van der Waals surface area contributed by atoms with E-state index in [0.717, 1.165) is 168 Å². The molecule has 0 unspecified atom stereocenters. The van der Waals surface area contributed by atoms with Crippen LogP contribution in [0.25, 0.3) is 87.8 Å².